The molecule has 1 N–H and O–H groups in total. The van der Waals surface area contributed by atoms with E-state index in [4.69, 9.17) is 4.99 Å². The first-order valence-corrected chi connectivity index (χ1v) is 10.1. The van der Waals surface area contributed by atoms with Crippen LogP contribution in [0, 0.1) is 11.7 Å². The summed E-state index contributed by atoms with van der Waals surface area (Å²) >= 11 is 0. The SMILES string of the molecule is CCNC(=NCC(C)(C)c1cccc(F)c1)N1CCC(Cc2cnn(C)c2)C1. The molecule has 1 aliphatic heterocycles. The Kier molecular flexibility index (Phi) is 6.37. The topological polar surface area (TPSA) is 45.5 Å². The monoisotopic (exact) mass is 385 g/mol. The highest BCUT2D eigenvalue weighted by Gasteiger charge is 2.27. The number of halogens is 1. The summed E-state index contributed by atoms with van der Waals surface area (Å²) in [5, 5.41) is 7.71. The minimum Gasteiger partial charge on any atom is -0.357 e. The van der Waals surface area contributed by atoms with Crippen LogP contribution in [0.3, 0.4) is 0 Å². The average Bonchev–Trinajstić information content (AvgIpc) is 3.28. The fourth-order valence-electron chi connectivity index (χ4n) is 3.80. The van der Waals surface area contributed by atoms with Gasteiger partial charge >= 0.3 is 0 Å². The van der Waals surface area contributed by atoms with E-state index in [9.17, 15) is 4.39 Å². The maximum Gasteiger partial charge on any atom is 0.193 e. The third kappa shape index (κ3) is 5.12. The van der Waals surface area contributed by atoms with Crippen LogP contribution in [0.5, 0.6) is 0 Å². The van der Waals surface area contributed by atoms with Crippen molar-refractivity contribution >= 4 is 5.96 Å². The van der Waals surface area contributed by atoms with Gasteiger partial charge in [0.2, 0.25) is 0 Å². The highest BCUT2D eigenvalue weighted by molar-refractivity contribution is 5.80. The maximum atomic E-state index is 13.6. The Morgan fingerprint density at radius 1 is 1.39 bits per heavy atom. The molecule has 0 radical (unpaired) electrons. The number of benzene rings is 1. The van der Waals surface area contributed by atoms with Crippen molar-refractivity contribution in [2.24, 2.45) is 18.0 Å². The molecule has 6 heteroatoms. The fourth-order valence-corrected chi connectivity index (χ4v) is 3.80. The van der Waals surface area contributed by atoms with Crippen LogP contribution < -0.4 is 5.32 Å². The maximum absolute atomic E-state index is 13.6. The van der Waals surface area contributed by atoms with Gasteiger partial charge in [-0.05, 0) is 48.9 Å². The first-order chi connectivity index (χ1) is 13.4. The zero-order chi connectivity index (χ0) is 20.1. The minimum atomic E-state index is -0.225. The first kappa shape index (κ1) is 20.4. The Morgan fingerprint density at radius 3 is 2.89 bits per heavy atom. The average molecular weight is 386 g/mol. The number of likely N-dealkylation sites (tertiary alicyclic amines) is 1. The van der Waals surface area contributed by atoms with Crippen molar-refractivity contribution in [1.29, 1.82) is 0 Å². The molecule has 1 atom stereocenters. The Bertz CT molecular complexity index is 811. The molecule has 0 spiro atoms. The van der Waals surface area contributed by atoms with Crippen LogP contribution in [0.25, 0.3) is 0 Å². The molecule has 0 saturated carbocycles. The Labute approximate surface area is 167 Å². The molecule has 2 heterocycles. The van der Waals surface area contributed by atoms with Crippen LogP contribution in [0.15, 0.2) is 41.7 Å². The summed E-state index contributed by atoms with van der Waals surface area (Å²) in [6.07, 6.45) is 6.28. The van der Waals surface area contributed by atoms with Gasteiger partial charge in [0.05, 0.1) is 12.7 Å². The number of aromatic nitrogens is 2. The highest BCUT2D eigenvalue weighted by Crippen LogP contribution is 2.25. The number of guanidine groups is 1. The van der Waals surface area contributed by atoms with Gasteiger partial charge in [-0.2, -0.15) is 5.10 Å². The summed E-state index contributed by atoms with van der Waals surface area (Å²) in [5.41, 5.74) is 2.05. The van der Waals surface area contributed by atoms with Gasteiger partial charge in [0, 0.05) is 38.3 Å². The van der Waals surface area contributed by atoms with Crippen molar-refractivity contribution in [3.8, 4) is 0 Å². The van der Waals surface area contributed by atoms with Crippen LogP contribution in [0.1, 0.15) is 38.3 Å². The lowest BCUT2D eigenvalue weighted by molar-refractivity contribution is 0.453. The van der Waals surface area contributed by atoms with E-state index >= 15 is 0 Å². The second kappa shape index (κ2) is 8.76. The van der Waals surface area contributed by atoms with E-state index in [0.717, 1.165) is 44.0 Å². The summed E-state index contributed by atoms with van der Waals surface area (Å²) in [6.45, 7) is 9.79. The van der Waals surface area contributed by atoms with Gasteiger partial charge in [-0.15, -0.1) is 0 Å². The van der Waals surface area contributed by atoms with Crippen molar-refractivity contribution in [2.45, 2.75) is 39.0 Å². The van der Waals surface area contributed by atoms with Gasteiger partial charge in [-0.3, -0.25) is 9.67 Å². The van der Waals surface area contributed by atoms with Crippen LogP contribution in [0.4, 0.5) is 4.39 Å². The van der Waals surface area contributed by atoms with Crippen molar-refractivity contribution in [2.75, 3.05) is 26.2 Å². The number of nitrogens with one attached hydrogen (secondary N) is 1. The molecular formula is C22H32FN5. The van der Waals surface area contributed by atoms with E-state index in [1.165, 1.54) is 11.6 Å². The van der Waals surface area contributed by atoms with Crippen molar-refractivity contribution in [3.05, 3.63) is 53.6 Å². The van der Waals surface area contributed by atoms with Crippen LogP contribution >= 0.6 is 0 Å². The number of aryl methyl sites for hydroxylation is 1. The molecule has 1 aliphatic rings. The summed E-state index contributed by atoms with van der Waals surface area (Å²) < 4.78 is 15.5. The predicted molar refractivity (Wildman–Crippen MR) is 112 cm³/mol. The van der Waals surface area contributed by atoms with Crippen molar-refractivity contribution < 1.29 is 4.39 Å². The van der Waals surface area contributed by atoms with Crippen molar-refractivity contribution in [1.82, 2.24) is 20.0 Å². The third-order valence-electron chi connectivity index (χ3n) is 5.43. The van der Waals surface area contributed by atoms with Crippen LogP contribution in [-0.4, -0.2) is 46.8 Å². The summed E-state index contributed by atoms with van der Waals surface area (Å²) in [4.78, 5) is 7.26. The lowest BCUT2D eigenvalue weighted by Crippen LogP contribution is -2.41. The normalized spacial score (nSPS) is 18.0. The molecule has 0 aliphatic carbocycles. The lowest BCUT2D eigenvalue weighted by atomic mass is 9.85. The molecule has 1 fully saturated rings. The van der Waals surface area contributed by atoms with Gasteiger partial charge in [-0.1, -0.05) is 26.0 Å². The molecule has 1 saturated heterocycles. The molecule has 1 unspecified atom stereocenters. The van der Waals surface area contributed by atoms with E-state index in [2.05, 4.69) is 42.3 Å². The zero-order valence-electron chi connectivity index (χ0n) is 17.5. The lowest BCUT2D eigenvalue weighted by Gasteiger charge is -2.26. The van der Waals surface area contributed by atoms with Gasteiger partial charge in [-0.25, -0.2) is 4.39 Å². The fraction of sp³-hybridized carbons (Fsp3) is 0.545. The Morgan fingerprint density at radius 2 is 2.21 bits per heavy atom. The molecule has 1 aromatic heterocycles. The molecule has 0 amide bonds. The second-order valence-corrected chi connectivity index (χ2v) is 8.39. The molecular weight excluding hydrogens is 353 g/mol. The van der Waals surface area contributed by atoms with Crippen molar-refractivity contribution in [3.63, 3.8) is 0 Å². The number of rotatable bonds is 6. The van der Waals surface area contributed by atoms with Gasteiger partial charge < -0.3 is 10.2 Å². The van der Waals surface area contributed by atoms with E-state index in [1.807, 2.05) is 24.0 Å². The number of hydrogen-bond donors (Lipinski definition) is 1. The minimum absolute atomic E-state index is 0.195. The molecule has 5 nitrogen and oxygen atoms in total. The van der Waals surface area contributed by atoms with Gasteiger partial charge in [0.25, 0.3) is 0 Å². The van der Waals surface area contributed by atoms with Crippen LogP contribution in [0.2, 0.25) is 0 Å². The smallest absolute Gasteiger partial charge is 0.193 e. The second-order valence-electron chi connectivity index (χ2n) is 8.39. The molecule has 28 heavy (non-hydrogen) atoms. The number of nitrogens with zero attached hydrogens (tertiary/aromatic N) is 4. The number of hydrogen-bond acceptors (Lipinski definition) is 2. The predicted octanol–water partition coefficient (Wildman–Crippen LogP) is 3.37. The Hall–Kier alpha value is -2.37. The van der Waals surface area contributed by atoms with Crippen LogP contribution in [-0.2, 0) is 18.9 Å². The van der Waals surface area contributed by atoms with E-state index < -0.39 is 0 Å². The van der Waals surface area contributed by atoms with E-state index in [1.54, 1.807) is 12.1 Å². The molecule has 0 bridgehead atoms. The van der Waals surface area contributed by atoms with Gasteiger partial charge in [0.1, 0.15) is 5.82 Å². The first-order valence-electron chi connectivity index (χ1n) is 10.1. The highest BCUT2D eigenvalue weighted by atomic mass is 19.1. The molecule has 3 rings (SSSR count). The van der Waals surface area contributed by atoms with E-state index in [-0.39, 0.29) is 11.2 Å². The number of aliphatic imine (C=N–C) groups is 1. The van der Waals surface area contributed by atoms with E-state index in [0.29, 0.717) is 12.5 Å². The molecule has 152 valence electrons. The standard InChI is InChI=1S/C22H32FN5/c1-5-24-21(25-16-22(2,3)19-7-6-8-20(23)12-19)28-10-9-17(15-28)11-18-13-26-27(4)14-18/h6-8,12-14,17H,5,9-11,15-16H2,1-4H3,(H,24,25). The largest absolute Gasteiger partial charge is 0.357 e. The Balaban J connectivity index is 1.65. The quantitative estimate of drug-likeness (QED) is 0.613. The third-order valence-corrected chi connectivity index (χ3v) is 5.43. The van der Waals surface area contributed by atoms with Gasteiger partial charge in [0.15, 0.2) is 5.96 Å². The molecule has 2 aromatic rings. The summed E-state index contributed by atoms with van der Waals surface area (Å²) in [5.74, 6) is 1.38. The molecule has 1 aromatic carbocycles. The zero-order valence-corrected chi connectivity index (χ0v) is 17.5. The summed E-state index contributed by atoms with van der Waals surface area (Å²) in [6, 6.07) is 6.85. The summed E-state index contributed by atoms with van der Waals surface area (Å²) in [7, 11) is 1.96.